The summed E-state index contributed by atoms with van der Waals surface area (Å²) in [5.74, 6) is -0.213. The molecule has 1 aromatic rings. The molecular weight excluding hydrogens is 231 g/mol. The summed E-state index contributed by atoms with van der Waals surface area (Å²) in [4.78, 5) is 2.25. The molecule has 1 aliphatic heterocycles. The molecular formula is C14H21FN2O. The Hall–Kier alpha value is -0.970. The molecule has 0 saturated carbocycles. The zero-order valence-electron chi connectivity index (χ0n) is 11.0. The average Bonchev–Trinajstić information content (AvgIpc) is 2.78. The van der Waals surface area contributed by atoms with E-state index < -0.39 is 0 Å². The molecule has 2 rings (SSSR count). The van der Waals surface area contributed by atoms with E-state index in [1.54, 1.807) is 0 Å². The van der Waals surface area contributed by atoms with Crippen LogP contribution in [-0.2, 0) is 4.74 Å². The minimum absolute atomic E-state index is 0.111. The van der Waals surface area contributed by atoms with Crippen LogP contribution in [0.25, 0.3) is 0 Å². The van der Waals surface area contributed by atoms with E-state index in [2.05, 4.69) is 18.9 Å². The number of rotatable bonds is 4. The highest BCUT2D eigenvalue weighted by Gasteiger charge is 2.31. The van der Waals surface area contributed by atoms with Crippen molar-refractivity contribution in [3.05, 3.63) is 35.6 Å². The molecule has 3 atom stereocenters. The summed E-state index contributed by atoms with van der Waals surface area (Å²) in [6, 6.07) is 7.08. The molecule has 4 heteroatoms. The van der Waals surface area contributed by atoms with Gasteiger partial charge in [-0.25, -0.2) is 4.39 Å². The van der Waals surface area contributed by atoms with Crippen LogP contribution in [0.5, 0.6) is 0 Å². The number of hydrogen-bond donors (Lipinski definition) is 1. The van der Waals surface area contributed by atoms with Crippen molar-refractivity contribution in [3.8, 4) is 0 Å². The normalized spacial score (nSPS) is 25.6. The van der Waals surface area contributed by atoms with Gasteiger partial charge in [-0.05, 0) is 38.1 Å². The van der Waals surface area contributed by atoms with Gasteiger partial charge in [0.25, 0.3) is 0 Å². The molecule has 0 aromatic heterocycles. The molecule has 0 bridgehead atoms. The highest BCUT2D eigenvalue weighted by atomic mass is 19.1. The van der Waals surface area contributed by atoms with E-state index in [1.165, 1.54) is 12.1 Å². The van der Waals surface area contributed by atoms with Crippen LogP contribution >= 0.6 is 0 Å². The second kappa shape index (κ2) is 5.78. The second-order valence-corrected chi connectivity index (χ2v) is 4.90. The summed E-state index contributed by atoms with van der Waals surface area (Å²) < 4.78 is 18.5. The highest BCUT2D eigenvalue weighted by Crippen LogP contribution is 2.27. The molecule has 0 radical (unpaired) electrons. The van der Waals surface area contributed by atoms with Gasteiger partial charge in [-0.2, -0.15) is 0 Å². The number of nitrogens with two attached hydrogens (primary N) is 1. The van der Waals surface area contributed by atoms with Gasteiger partial charge >= 0.3 is 0 Å². The molecule has 0 spiro atoms. The SMILES string of the molecule is CC1OCCC1N(C)C(CN)c1ccc(F)cc1. The maximum absolute atomic E-state index is 13.0. The monoisotopic (exact) mass is 252 g/mol. The number of ether oxygens (including phenoxy) is 1. The van der Waals surface area contributed by atoms with Gasteiger partial charge in [0.2, 0.25) is 0 Å². The lowest BCUT2D eigenvalue weighted by molar-refractivity contribution is 0.0686. The van der Waals surface area contributed by atoms with E-state index >= 15 is 0 Å². The molecule has 100 valence electrons. The largest absolute Gasteiger partial charge is 0.377 e. The Morgan fingerprint density at radius 1 is 1.44 bits per heavy atom. The third-order valence-electron chi connectivity index (χ3n) is 3.83. The molecule has 1 aliphatic rings. The van der Waals surface area contributed by atoms with Crippen molar-refractivity contribution >= 4 is 0 Å². The van der Waals surface area contributed by atoms with Crippen molar-refractivity contribution in [1.29, 1.82) is 0 Å². The number of hydrogen-bond acceptors (Lipinski definition) is 3. The minimum atomic E-state index is -0.213. The lowest BCUT2D eigenvalue weighted by Gasteiger charge is -2.34. The molecule has 3 unspecified atom stereocenters. The fourth-order valence-electron chi connectivity index (χ4n) is 2.71. The molecule has 1 saturated heterocycles. The molecule has 0 aliphatic carbocycles. The van der Waals surface area contributed by atoms with Gasteiger partial charge in [0.05, 0.1) is 6.10 Å². The van der Waals surface area contributed by atoms with Crippen molar-refractivity contribution in [2.75, 3.05) is 20.2 Å². The van der Waals surface area contributed by atoms with Crippen molar-refractivity contribution in [1.82, 2.24) is 4.90 Å². The number of halogens is 1. The lowest BCUT2D eigenvalue weighted by atomic mass is 10.0. The zero-order valence-corrected chi connectivity index (χ0v) is 11.0. The van der Waals surface area contributed by atoms with E-state index in [0.717, 1.165) is 18.6 Å². The first-order valence-corrected chi connectivity index (χ1v) is 6.42. The van der Waals surface area contributed by atoms with Crippen molar-refractivity contribution in [2.24, 2.45) is 5.73 Å². The predicted molar refractivity (Wildman–Crippen MR) is 69.8 cm³/mol. The standard InChI is InChI=1S/C14H21FN2O/c1-10-13(7-8-18-10)17(2)14(9-16)11-3-5-12(15)6-4-11/h3-6,10,13-14H,7-9,16H2,1-2H3. The first kappa shape index (κ1) is 13.5. The molecule has 18 heavy (non-hydrogen) atoms. The van der Waals surface area contributed by atoms with Gasteiger partial charge in [0.1, 0.15) is 5.82 Å². The van der Waals surface area contributed by atoms with Gasteiger partial charge in [-0.15, -0.1) is 0 Å². The van der Waals surface area contributed by atoms with Crippen LogP contribution in [0.3, 0.4) is 0 Å². The second-order valence-electron chi connectivity index (χ2n) is 4.90. The van der Waals surface area contributed by atoms with Crippen LogP contribution in [0.4, 0.5) is 4.39 Å². The Balaban J connectivity index is 2.14. The topological polar surface area (TPSA) is 38.5 Å². The van der Waals surface area contributed by atoms with Crippen LogP contribution in [0.2, 0.25) is 0 Å². The number of nitrogens with zero attached hydrogens (tertiary/aromatic N) is 1. The summed E-state index contributed by atoms with van der Waals surface area (Å²) in [6.45, 7) is 3.41. The molecule has 1 heterocycles. The van der Waals surface area contributed by atoms with Crippen LogP contribution in [0, 0.1) is 5.82 Å². The zero-order chi connectivity index (χ0) is 13.1. The first-order valence-electron chi connectivity index (χ1n) is 6.42. The Bertz CT molecular complexity index is 382. The van der Waals surface area contributed by atoms with Crippen molar-refractivity contribution < 1.29 is 9.13 Å². The smallest absolute Gasteiger partial charge is 0.123 e. The van der Waals surface area contributed by atoms with E-state index in [-0.39, 0.29) is 18.0 Å². The van der Waals surface area contributed by atoms with Crippen LogP contribution in [0.15, 0.2) is 24.3 Å². The molecule has 1 fully saturated rings. The van der Waals surface area contributed by atoms with E-state index in [9.17, 15) is 4.39 Å². The summed E-state index contributed by atoms with van der Waals surface area (Å²) in [5, 5.41) is 0. The fraction of sp³-hybridized carbons (Fsp3) is 0.571. The van der Waals surface area contributed by atoms with E-state index in [4.69, 9.17) is 10.5 Å². The summed E-state index contributed by atoms with van der Waals surface area (Å²) in [6.07, 6.45) is 1.25. The highest BCUT2D eigenvalue weighted by molar-refractivity contribution is 5.20. The maximum atomic E-state index is 13.0. The van der Waals surface area contributed by atoms with E-state index in [0.29, 0.717) is 12.6 Å². The van der Waals surface area contributed by atoms with Crippen LogP contribution in [0.1, 0.15) is 24.9 Å². The maximum Gasteiger partial charge on any atom is 0.123 e. The summed E-state index contributed by atoms with van der Waals surface area (Å²) in [5.41, 5.74) is 6.94. The third kappa shape index (κ3) is 2.71. The molecule has 1 aromatic carbocycles. The lowest BCUT2D eigenvalue weighted by Crippen LogP contribution is -2.42. The molecule has 0 amide bonds. The third-order valence-corrected chi connectivity index (χ3v) is 3.83. The van der Waals surface area contributed by atoms with Gasteiger partial charge in [-0.3, -0.25) is 4.90 Å². The Morgan fingerprint density at radius 2 is 2.11 bits per heavy atom. The van der Waals surface area contributed by atoms with Crippen molar-refractivity contribution in [3.63, 3.8) is 0 Å². The Kier molecular flexibility index (Phi) is 4.32. The Labute approximate surface area is 108 Å². The van der Waals surface area contributed by atoms with Crippen molar-refractivity contribution in [2.45, 2.75) is 31.5 Å². The minimum Gasteiger partial charge on any atom is -0.377 e. The first-order chi connectivity index (χ1) is 8.63. The van der Waals surface area contributed by atoms with Gasteiger partial charge in [-0.1, -0.05) is 12.1 Å². The number of benzene rings is 1. The van der Waals surface area contributed by atoms with Gasteiger partial charge in [0.15, 0.2) is 0 Å². The quantitative estimate of drug-likeness (QED) is 0.890. The van der Waals surface area contributed by atoms with E-state index in [1.807, 2.05) is 12.1 Å². The summed E-state index contributed by atoms with van der Waals surface area (Å²) in [7, 11) is 2.07. The predicted octanol–water partition coefficient (Wildman–Crippen LogP) is 1.93. The Morgan fingerprint density at radius 3 is 2.61 bits per heavy atom. The van der Waals surface area contributed by atoms with Crippen LogP contribution < -0.4 is 5.73 Å². The van der Waals surface area contributed by atoms with Gasteiger partial charge < -0.3 is 10.5 Å². The average molecular weight is 252 g/mol. The van der Waals surface area contributed by atoms with Gasteiger partial charge in [0, 0.05) is 25.2 Å². The van der Waals surface area contributed by atoms with Crippen LogP contribution in [-0.4, -0.2) is 37.2 Å². The molecule has 3 nitrogen and oxygen atoms in total. The molecule has 2 N–H and O–H groups in total. The number of likely N-dealkylation sites (N-methyl/N-ethyl adjacent to an activating group) is 1. The summed E-state index contributed by atoms with van der Waals surface area (Å²) >= 11 is 0. The fourth-order valence-corrected chi connectivity index (χ4v) is 2.71.